The SMILES string of the molecule is CC(=O)OCCn1c(=O)n(CCCCCl)c2ccccc21. The van der Waals surface area contributed by atoms with Crippen molar-refractivity contribution in [1.29, 1.82) is 0 Å². The number of hydrogen-bond donors (Lipinski definition) is 0. The van der Waals surface area contributed by atoms with Crippen LogP contribution in [0.2, 0.25) is 0 Å². The second kappa shape index (κ2) is 7.31. The van der Waals surface area contributed by atoms with Crippen LogP contribution in [0.3, 0.4) is 0 Å². The van der Waals surface area contributed by atoms with Crippen molar-refractivity contribution in [2.45, 2.75) is 32.9 Å². The molecule has 2 rings (SSSR count). The van der Waals surface area contributed by atoms with E-state index in [1.165, 1.54) is 6.92 Å². The number of carbonyl (C=O) groups excluding carboxylic acids is 1. The quantitative estimate of drug-likeness (QED) is 0.448. The van der Waals surface area contributed by atoms with E-state index in [1.54, 1.807) is 9.13 Å². The lowest BCUT2D eigenvalue weighted by atomic mass is 10.3. The number of hydrogen-bond acceptors (Lipinski definition) is 3. The number of unbranched alkanes of at least 4 members (excludes halogenated alkanes) is 1. The molecule has 114 valence electrons. The van der Waals surface area contributed by atoms with E-state index in [0.717, 1.165) is 23.9 Å². The smallest absolute Gasteiger partial charge is 0.329 e. The van der Waals surface area contributed by atoms with E-state index >= 15 is 0 Å². The highest BCUT2D eigenvalue weighted by Crippen LogP contribution is 2.13. The van der Waals surface area contributed by atoms with Crippen LogP contribution >= 0.6 is 11.6 Å². The van der Waals surface area contributed by atoms with Crippen LogP contribution in [0.15, 0.2) is 29.1 Å². The van der Waals surface area contributed by atoms with Gasteiger partial charge in [-0.1, -0.05) is 12.1 Å². The highest BCUT2D eigenvalue weighted by molar-refractivity contribution is 6.17. The predicted octanol–water partition coefficient (Wildman–Crippen LogP) is 2.39. The number of para-hydroxylation sites is 2. The van der Waals surface area contributed by atoms with Gasteiger partial charge in [-0.05, 0) is 25.0 Å². The number of rotatable bonds is 7. The minimum atomic E-state index is -0.339. The van der Waals surface area contributed by atoms with Gasteiger partial charge in [-0.3, -0.25) is 13.9 Å². The topological polar surface area (TPSA) is 53.2 Å². The molecule has 0 aliphatic rings. The molecule has 0 radical (unpaired) electrons. The number of nitrogens with zero attached hydrogens (tertiary/aromatic N) is 2. The normalized spacial score (nSPS) is 11.0. The zero-order chi connectivity index (χ0) is 15.2. The van der Waals surface area contributed by atoms with Gasteiger partial charge in [0.2, 0.25) is 0 Å². The van der Waals surface area contributed by atoms with Gasteiger partial charge in [0.25, 0.3) is 0 Å². The van der Waals surface area contributed by atoms with Crippen LogP contribution in [-0.2, 0) is 22.6 Å². The minimum Gasteiger partial charge on any atom is -0.464 e. The molecule has 2 aromatic rings. The van der Waals surface area contributed by atoms with Crippen LogP contribution in [0.4, 0.5) is 0 Å². The summed E-state index contributed by atoms with van der Waals surface area (Å²) in [5, 5.41) is 0. The first-order valence-electron chi connectivity index (χ1n) is 7.02. The number of aromatic nitrogens is 2. The Morgan fingerprint density at radius 2 is 1.76 bits per heavy atom. The maximum absolute atomic E-state index is 12.5. The Kier molecular flexibility index (Phi) is 5.44. The number of benzene rings is 1. The van der Waals surface area contributed by atoms with Crippen LogP contribution in [0, 0.1) is 0 Å². The molecule has 0 aliphatic carbocycles. The fraction of sp³-hybridized carbons (Fsp3) is 0.467. The maximum atomic E-state index is 12.5. The lowest BCUT2D eigenvalue weighted by molar-refractivity contribution is -0.141. The van der Waals surface area contributed by atoms with Crippen LogP contribution in [0.1, 0.15) is 19.8 Å². The average Bonchev–Trinajstić information content (AvgIpc) is 2.73. The lowest BCUT2D eigenvalue weighted by Crippen LogP contribution is -2.26. The molecule has 0 atom stereocenters. The summed E-state index contributed by atoms with van der Waals surface area (Å²) in [6, 6.07) is 7.64. The highest BCUT2D eigenvalue weighted by Gasteiger charge is 2.12. The Bertz CT molecular complexity index is 675. The van der Waals surface area contributed by atoms with Crippen molar-refractivity contribution in [3.63, 3.8) is 0 Å². The zero-order valence-electron chi connectivity index (χ0n) is 12.0. The number of alkyl halides is 1. The Balaban J connectivity index is 2.29. The van der Waals surface area contributed by atoms with Gasteiger partial charge in [0.1, 0.15) is 6.61 Å². The molecule has 21 heavy (non-hydrogen) atoms. The van der Waals surface area contributed by atoms with Gasteiger partial charge in [-0.2, -0.15) is 0 Å². The van der Waals surface area contributed by atoms with Crippen molar-refractivity contribution in [2.24, 2.45) is 0 Å². The monoisotopic (exact) mass is 310 g/mol. The van der Waals surface area contributed by atoms with Gasteiger partial charge in [-0.25, -0.2) is 4.79 Å². The van der Waals surface area contributed by atoms with E-state index in [0.29, 0.717) is 19.0 Å². The molecular weight excluding hydrogens is 292 g/mol. The predicted molar refractivity (Wildman–Crippen MR) is 82.8 cm³/mol. The number of ether oxygens (including phenoxy) is 1. The van der Waals surface area contributed by atoms with Gasteiger partial charge in [0.05, 0.1) is 17.6 Å². The summed E-state index contributed by atoms with van der Waals surface area (Å²) in [5.74, 6) is 0.258. The summed E-state index contributed by atoms with van der Waals surface area (Å²) in [6.07, 6.45) is 1.74. The lowest BCUT2D eigenvalue weighted by Gasteiger charge is -2.03. The third-order valence-electron chi connectivity index (χ3n) is 3.31. The van der Waals surface area contributed by atoms with Crippen LogP contribution in [0.5, 0.6) is 0 Å². The van der Waals surface area contributed by atoms with E-state index in [9.17, 15) is 9.59 Å². The van der Waals surface area contributed by atoms with E-state index in [-0.39, 0.29) is 18.3 Å². The highest BCUT2D eigenvalue weighted by atomic mass is 35.5. The van der Waals surface area contributed by atoms with Gasteiger partial charge < -0.3 is 4.74 Å². The molecule has 0 aliphatic heterocycles. The van der Waals surface area contributed by atoms with Crippen molar-refractivity contribution in [3.05, 3.63) is 34.7 Å². The first-order valence-corrected chi connectivity index (χ1v) is 7.56. The van der Waals surface area contributed by atoms with Crippen LogP contribution in [0.25, 0.3) is 11.0 Å². The number of carbonyl (C=O) groups is 1. The van der Waals surface area contributed by atoms with Gasteiger partial charge in [-0.15, -0.1) is 11.6 Å². The first-order chi connectivity index (χ1) is 10.1. The van der Waals surface area contributed by atoms with Crippen molar-refractivity contribution >= 4 is 28.6 Å². The minimum absolute atomic E-state index is 0.0714. The molecule has 0 saturated heterocycles. The summed E-state index contributed by atoms with van der Waals surface area (Å²) in [4.78, 5) is 23.3. The molecular formula is C15H19ClN2O3. The van der Waals surface area contributed by atoms with Gasteiger partial charge >= 0.3 is 11.7 Å². The summed E-state index contributed by atoms with van der Waals surface area (Å²) < 4.78 is 8.34. The molecule has 0 N–H and O–H groups in total. The molecule has 0 unspecified atom stereocenters. The molecule has 1 aromatic carbocycles. The molecule has 0 bridgehead atoms. The Labute approximate surface area is 128 Å². The molecule has 0 amide bonds. The first kappa shape index (κ1) is 15.6. The molecule has 1 aromatic heterocycles. The van der Waals surface area contributed by atoms with E-state index in [1.807, 2.05) is 24.3 Å². The Hall–Kier alpha value is -1.75. The summed E-state index contributed by atoms with van der Waals surface area (Å²) in [7, 11) is 0. The molecule has 0 saturated carbocycles. The van der Waals surface area contributed by atoms with Crippen molar-refractivity contribution < 1.29 is 9.53 Å². The number of aryl methyl sites for hydroxylation is 1. The van der Waals surface area contributed by atoms with Crippen LogP contribution < -0.4 is 5.69 Å². The summed E-state index contributed by atoms with van der Waals surface area (Å²) in [5.41, 5.74) is 1.69. The fourth-order valence-electron chi connectivity index (χ4n) is 2.35. The molecule has 5 nitrogen and oxygen atoms in total. The third-order valence-corrected chi connectivity index (χ3v) is 3.58. The van der Waals surface area contributed by atoms with Crippen molar-refractivity contribution in [3.8, 4) is 0 Å². The number of imidazole rings is 1. The zero-order valence-corrected chi connectivity index (χ0v) is 12.8. The Morgan fingerprint density at radius 3 is 2.33 bits per heavy atom. The molecule has 0 spiro atoms. The average molecular weight is 311 g/mol. The molecule has 6 heteroatoms. The fourth-order valence-corrected chi connectivity index (χ4v) is 2.54. The van der Waals surface area contributed by atoms with E-state index in [4.69, 9.17) is 16.3 Å². The standard InChI is InChI=1S/C15H19ClN2O3/c1-12(19)21-11-10-18-14-7-3-2-6-13(14)17(15(18)20)9-5-4-8-16/h2-3,6-7H,4-5,8-11H2,1H3. The maximum Gasteiger partial charge on any atom is 0.329 e. The van der Waals surface area contributed by atoms with Gasteiger partial charge in [0, 0.05) is 19.3 Å². The van der Waals surface area contributed by atoms with Crippen molar-refractivity contribution in [1.82, 2.24) is 9.13 Å². The number of halogens is 1. The Morgan fingerprint density at radius 1 is 1.14 bits per heavy atom. The van der Waals surface area contributed by atoms with Gasteiger partial charge in [0.15, 0.2) is 0 Å². The number of fused-ring (bicyclic) bond motifs is 1. The molecule has 0 fully saturated rings. The number of esters is 1. The molecule has 1 heterocycles. The largest absolute Gasteiger partial charge is 0.464 e. The second-order valence-corrected chi connectivity index (χ2v) is 5.19. The van der Waals surface area contributed by atoms with E-state index in [2.05, 4.69) is 0 Å². The third kappa shape index (κ3) is 3.67. The summed E-state index contributed by atoms with van der Waals surface area (Å²) >= 11 is 5.69. The van der Waals surface area contributed by atoms with Crippen molar-refractivity contribution in [2.75, 3.05) is 12.5 Å². The summed E-state index contributed by atoms with van der Waals surface area (Å²) in [6.45, 7) is 2.57. The second-order valence-electron chi connectivity index (χ2n) is 4.81. The van der Waals surface area contributed by atoms with Crippen LogP contribution in [-0.4, -0.2) is 27.6 Å². The van der Waals surface area contributed by atoms with E-state index < -0.39 is 0 Å².